The second-order valence-corrected chi connectivity index (χ2v) is 7.66. The number of nitrogens with zero attached hydrogens (tertiary/aromatic N) is 2. The maximum atomic E-state index is 12.3. The summed E-state index contributed by atoms with van der Waals surface area (Å²) in [5.74, 6) is 1.93. The summed E-state index contributed by atoms with van der Waals surface area (Å²) in [6, 6.07) is 7.58. The van der Waals surface area contributed by atoms with Crippen molar-refractivity contribution in [1.82, 2.24) is 20.9 Å². The number of guanidine groups is 1. The van der Waals surface area contributed by atoms with Crippen molar-refractivity contribution in [2.24, 2.45) is 10.9 Å². The van der Waals surface area contributed by atoms with Gasteiger partial charge >= 0.3 is 0 Å². The molecule has 1 unspecified atom stereocenters. The van der Waals surface area contributed by atoms with E-state index in [9.17, 15) is 4.79 Å². The van der Waals surface area contributed by atoms with Crippen molar-refractivity contribution in [1.29, 1.82) is 0 Å². The molecule has 1 aliphatic heterocycles. The first-order valence-corrected chi connectivity index (χ1v) is 11.3. The van der Waals surface area contributed by atoms with Gasteiger partial charge in [0.25, 0.3) is 5.91 Å². The Morgan fingerprint density at radius 1 is 1.16 bits per heavy atom. The molecule has 0 aromatic heterocycles. The van der Waals surface area contributed by atoms with E-state index >= 15 is 0 Å². The van der Waals surface area contributed by atoms with Gasteiger partial charge in [-0.25, -0.2) is 0 Å². The molecule has 2 rings (SSSR count). The van der Waals surface area contributed by atoms with Crippen LogP contribution in [0.3, 0.4) is 0 Å². The summed E-state index contributed by atoms with van der Waals surface area (Å²) < 4.78 is 10.7. The van der Waals surface area contributed by atoms with Crippen LogP contribution in [0.4, 0.5) is 0 Å². The van der Waals surface area contributed by atoms with Gasteiger partial charge < -0.3 is 25.4 Å². The second-order valence-electron chi connectivity index (χ2n) is 7.66. The number of aliphatic imine (C=N–C) groups is 1. The van der Waals surface area contributed by atoms with Crippen molar-refractivity contribution in [2.75, 3.05) is 60.1 Å². The SMILES string of the molecule is CCC(CC)C(CNC(=NC)NCCNC(=O)c1cccc(OC)c1)N1CCOCC1. The molecule has 1 aromatic carbocycles. The molecule has 1 aliphatic rings. The zero-order chi connectivity index (χ0) is 22.5. The Hall–Kier alpha value is -2.32. The first-order valence-electron chi connectivity index (χ1n) is 11.3. The van der Waals surface area contributed by atoms with Crippen LogP contribution < -0.4 is 20.7 Å². The van der Waals surface area contributed by atoms with Crippen LogP contribution in [0.25, 0.3) is 0 Å². The second kappa shape index (κ2) is 13.9. The van der Waals surface area contributed by atoms with Gasteiger partial charge in [-0.15, -0.1) is 0 Å². The molecule has 0 spiro atoms. The first kappa shape index (κ1) is 24.9. The third-order valence-electron chi connectivity index (χ3n) is 5.84. The minimum absolute atomic E-state index is 0.121. The van der Waals surface area contributed by atoms with Gasteiger partial charge in [0, 0.05) is 51.4 Å². The summed E-state index contributed by atoms with van der Waals surface area (Å²) in [7, 11) is 3.36. The fourth-order valence-electron chi connectivity index (χ4n) is 3.98. The van der Waals surface area contributed by atoms with Crippen molar-refractivity contribution < 1.29 is 14.3 Å². The van der Waals surface area contributed by atoms with Crippen LogP contribution in [0.15, 0.2) is 29.3 Å². The number of rotatable bonds is 11. The summed E-state index contributed by atoms with van der Waals surface area (Å²) in [6.07, 6.45) is 2.31. The lowest BCUT2D eigenvalue weighted by Crippen LogP contribution is -2.53. The quantitative estimate of drug-likeness (QED) is 0.280. The number of methoxy groups -OCH3 is 1. The standard InChI is InChI=1S/C23H39N5O3/c1-5-18(6-2)21(28-12-14-31-15-13-28)17-27-23(24-3)26-11-10-25-22(29)19-8-7-9-20(16-19)30-4/h7-9,16,18,21H,5-6,10-15,17H2,1-4H3,(H,25,29)(H2,24,26,27). The smallest absolute Gasteiger partial charge is 0.251 e. The number of benzene rings is 1. The predicted octanol–water partition coefficient (Wildman–Crippen LogP) is 1.73. The molecule has 0 radical (unpaired) electrons. The Balaban J connectivity index is 1.79. The van der Waals surface area contributed by atoms with Gasteiger partial charge in [-0.1, -0.05) is 32.8 Å². The molecule has 8 nitrogen and oxygen atoms in total. The predicted molar refractivity (Wildman–Crippen MR) is 125 cm³/mol. The number of hydrogen-bond acceptors (Lipinski definition) is 5. The van der Waals surface area contributed by atoms with Crippen LogP contribution in [-0.2, 0) is 4.74 Å². The lowest BCUT2D eigenvalue weighted by atomic mass is 9.92. The number of ether oxygens (including phenoxy) is 2. The van der Waals surface area contributed by atoms with Crippen molar-refractivity contribution in [3.05, 3.63) is 29.8 Å². The van der Waals surface area contributed by atoms with Gasteiger partial charge in [-0.3, -0.25) is 14.7 Å². The van der Waals surface area contributed by atoms with E-state index in [1.165, 1.54) is 0 Å². The molecule has 1 amide bonds. The molecule has 0 saturated carbocycles. The monoisotopic (exact) mass is 433 g/mol. The third-order valence-corrected chi connectivity index (χ3v) is 5.84. The average Bonchev–Trinajstić information content (AvgIpc) is 2.83. The van der Waals surface area contributed by atoms with Crippen molar-refractivity contribution in [2.45, 2.75) is 32.7 Å². The summed E-state index contributed by atoms with van der Waals surface area (Å²) >= 11 is 0. The summed E-state index contributed by atoms with van der Waals surface area (Å²) in [5.41, 5.74) is 0.584. The van der Waals surface area contributed by atoms with E-state index in [-0.39, 0.29) is 5.91 Å². The Morgan fingerprint density at radius 2 is 1.87 bits per heavy atom. The molecule has 0 aliphatic carbocycles. The minimum atomic E-state index is -0.121. The molecule has 1 fully saturated rings. The number of nitrogens with one attached hydrogen (secondary N) is 3. The van der Waals surface area contributed by atoms with Crippen LogP contribution in [0.1, 0.15) is 37.0 Å². The van der Waals surface area contributed by atoms with Gasteiger partial charge in [0.1, 0.15) is 5.75 Å². The number of carbonyl (C=O) groups is 1. The zero-order valence-corrected chi connectivity index (χ0v) is 19.4. The molecular weight excluding hydrogens is 394 g/mol. The van der Waals surface area contributed by atoms with Crippen LogP contribution in [0.2, 0.25) is 0 Å². The van der Waals surface area contributed by atoms with Gasteiger partial charge in [0.2, 0.25) is 0 Å². The number of hydrogen-bond donors (Lipinski definition) is 3. The minimum Gasteiger partial charge on any atom is -0.497 e. The molecule has 0 bridgehead atoms. The molecule has 3 N–H and O–H groups in total. The highest BCUT2D eigenvalue weighted by atomic mass is 16.5. The molecule has 1 aromatic rings. The Morgan fingerprint density at radius 3 is 2.52 bits per heavy atom. The zero-order valence-electron chi connectivity index (χ0n) is 19.4. The Labute approximate surface area is 186 Å². The van der Waals surface area contributed by atoms with Crippen LogP contribution >= 0.6 is 0 Å². The summed E-state index contributed by atoms with van der Waals surface area (Å²) in [4.78, 5) is 19.2. The maximum Gasteiger partial charge on any atom is 0.251 e. The lowest BCUT2D eigenvalue weighted by molar-refractivity contribution is 0.00272. The third kappa shape index (κ3) is 8.03. The molecule has 1 saturated heterocycles. The molecule has 8 heteroatoms. The van der Waals surface area contributed by atoms with E-state index in [0.717, 1.165) is 51.6 Å². The van der Waals surface area contributed by atoms with Gasteiger partial charge in [0.15, 0.2) is 5.96 Å². The van der Waals surface area contributed by atoms with Crippen LogP contribution in [0, 0.1) is 5.92 Å². The van der Waals surface area contributed by atoms with E-state index in [0.29, 0.717) is 36.4 Å². The van der Waals surface area contributed by atoms with Gasteiger partial charge in [-0.05, 0) is 24.1 Å². The van der Waals surface area contributed by atoms with Gasteiger partial charge in [0.05, 0.1) is 20.3 Å². The van der Waals surface area contributed by atoms with E-state index < -0.39 is 0 Å². The molecule has 1 heterocycles. The van der Waals surface area contributed by atoms with E-state index in [1.807, 2.05) is 12.1 Å². The van der Waals surface area contributed by atoms with Crippen molar-refractivity contribution >= 4 is 11.9 Å². The van der Waals surface area contributed by atoms with E-state index in [4.69, 9.17) is 9.47 Å². The normalized spacial score (nSPS) is 16.1. The largest absolute Gasteiger partial charge is 0.497 e. The highest BCUT2D eigenvalue weighted by Gasteiger charge is 2.27. The van der Waals surface area contributed by atoms with E-state index in [1.54, 1.807) is 26.3 Å². The molecular formula is C23H39N5O3. The average molecular weight is 434 g/mol. The Kier molecular flexibility index (Phi) is 11.2. The fraction of sp³-hybridized carbons (Fsp3) is 0.652. The van der Waals surface area contributed by atoms with Crippen LogP contribution in [0.5, 0.6) is 5.75 Å². The van der Waals surface area contributed by atoms with Gasteiger partial charge in [-0.2, -0.15) is 0 Å². The number of amides is 1. The molecule has 174 valence electrons. The lowest BCUT2D eigenvalue weighted by Gasteiger charge is -2.39. The highest BCUT2D eigenvalue weighted by Crippen LogP contribution is 2.19. The number of carbonyl (C=O) groups excluding carboxylic acids is 1. The summed E-state index contributed by atoms with van der Waals surface area (Å²) in [6.45, 7) is 10.0. The topological polar surface area (TPSA) is 87.2 Å². The van der Waals surface area contributed by atoms with E-state index in [2.05, 4.69) is 39.7 Å². The fourth-order valence-corrected chi connectivity index (χ4v) is 3.98. The number of morpholine rings is 1. The van der Waals surface area contributed by atoms with Crippen LogP contribution in [-0.4, -0.2) is 82.9 Å². The molecule has 31 heavy (non-hydrogen) atoms. The maximum absolute atomic E-state index is 12.3. The highest BCUT2D eigenvalue weighted by molar-refractivity contribution is 5.94. The first-order chi connectivity index (χ1) is 15.1. The Bertz CT molecular complexity index is 688. The summed E-state index contributed by atoms with van der Waals surface area (Å²) in [5, 5.41) is 9.69. The van der Waals surface area contributed by atoms with Crippen molar-refractivity contribution in [3.8, 4) is 5.75 Å². The molecule has 1 atom stereocenters. The van der Waals surface area contributed by atoms with Crippen molar-refractivity contribution in [3.63, 3.8) is 0 Å².